The fourth-order valence-electron chi connectivity index (χ4n) is 2.68. The quantitative estimate of drug-likeness (QED) is 0.719. The minimum absolute atomic E-state index is 0.126. The van der Waals surface area contributed by atoms with Gasteiger partial charge in [0.2, 0.25) is 0 Å². The van der Waals surface area contributed by atoms with Crippen LogP contribution in [0.15, 0.2) is 48.7 Å². The van der Waals surface area contributed by atoms with Crippen LogP contribution in [0.3, 0.4) is 0 Å². The summed E-state index contributed by atoms with van der Waals surface area (Å²) in [5.41, 5.74) is 0.659. The van der Waals surface area contributed by atoms with E-state index in [9.17, 15) is 13.6 Å². The maximum atomic E-state index is 13.3. The van der Waals surface area contributed by atoms with Gasteiger partial charge < -0.3 is 14.8 Å². The molecule has 0 aliphatic rings. The third-order valence-electron chi connectivity index (χ3n) is 3.89. The maximum Gasteiger partial charge on any atom is 0.257 e. The Morgan fingerprint density at radius 1 is 1.11 bits per heavy atom. The fraction of sp³-hybridized carbons (Fsp3) is 0.158. The summed E-state index contributed by atoms with van der Waals surface area (Å²) >= 11 is 0. The first-order valence-electron chi connectivity index (χ1n) is 8.01. The number of carbonyl (C=O) groups is 1. The first kappa shape index (κ1) is 18.4. The van der Waals surface area contributed by atoms with E-state index in [2.05, 4.69) is 10.4 Å². The number of ether oxygens (including phenoxy) is 2. The monoisotopic (exact) mass is 373 g/mol. The molecule has 0 saturated carbocycles. The molecule has 140 valence electrons. The molecular weight excluding hydrogens is 356 g/mol. The molecule has 0 unspecified atom stereocenters. The molecule has 0 aliphatic carbocycles. The number of hydrogen-bond donors (Lipinski definition) is 1. The number of halogens is 2. The first-order chi connectivity index (χ1) is 13.0. The molecule has 3 rings (SSSR count). The van der Waals surface area contributed by atoms with Crippen LogP contribution < -0.4 is 14.8 Å². The Kier molecular flexibility index (Phi) is 5.35. The normalized spacial score (nSPS) is 10.5. The van der Waals surface area contributed by atoms with E-state index in [4.69, 9.17) is 9.47 Å². The van der Waals surface area contributed by atoms with Crippen molar-refractivity contribution in [1.82, 2.24) is 9.78 Å². The molecule has 1 amide bonds. The Morgan fingerprint density at radius 2 is 1.85 bits per heavy atom. The largest absolute Gasteiger partial charge is 0.493 e. The summed E-state index contributed by atoms with van der Waals surface area (Å²) in [6.45, 7) is 0.292. The first-order valence-corrected chi connectivity index (χ1v) is 8.01. The number of benzene rings is 2. The van der Waals surface area contributed by atoms with Crippen LogP contribution in [-0.4, -0.2) is 29.9 Å². The van der Waals surface area contributed by atoms with E-state index < -0.39 is 17.5 Å². The van der Waals surface area contributed by atoms with Crippen molar-refractivity contribution in [3.63, 3.8) is 0 Å². The Morgan fingerprint density at radius 3 is 2.52 bits per heavy atom. The number of nitrogens with zero attached hydrogens (tertiary/aromatic N) is 2. The number of nitrogens with one attached hydrogen (secondary N) is 1. The third-order valence-corrected chi connectivity index (χ3v) is 3.89. The molecular formula is C19H17F2N3O3. The van der Waals surface area contributed by atoms with E-state index >= 15 is 0 Å². The van der Waals surface area contributed by atoms with Crippen LogP contribution in [0.25, 0.3) is 0 Å². The molecule has 27 heavy (non-hydrogen) atoms. The summed E-state index contributed by atoms with van der Waals surface area (Å²) in [7, 11) is 3.07. The van der Waals surface area contributed by atoms with E-state index in [0.29, 0.717) is 29.9 Å². The molecule has 1 N–H and O–H groups in total. The van der Waals surface area contributed by atoms with Gasteiger partial charge in [0.05, 0.1) is 27.0 Å². The zero-order valence-electron chi connectivity index (χ0n) is 14.7. The number of carbonyl (C=O) groups excluding carboxylic acids is 1. The standard InChI is InChI=1S/C19H17F2N3O3/c1-26-16-5-3-4-12(18(16)27-2)11-24-17(6-7-22-24)23-19(25)13-8-14(20)10-15(21)9-13/h3-10H,11H2,1-2H3,(H,23,25). The highest BCUT2D eigenvalue weighted by Gasteiger charge is 2.15. The molecule has 3 aromatic rings. The minimum atomic E-state index is -0.824. The topological polar surface area (TPSA) is 65.4 Å². The second-order valence-electron chi connectivity index (χ2n) is 5.64. The molecule has 6 nitrogen and oxygen atoms in total. The van der Waals surface area contributed by atoms with Gasteiger partial charge in [-0.2, -0.15) is 5.10 Å². The van der Waals surface area contributed by atoms with Crippen LogP contribution in [0.1, 0.15) is 15.9 Å². The summed E-state index contributed by atoms with van der Waals surface area (Å²) in [5.74, 6) is -0.796. The van der Waals surface area contributed by atoms with Crippen LogP contribution in [0.5, 0.6) is 11.5 Å². The van der Waals surface area contributed by atoms with Gasteiger partial charge in [-0.05, 0) is 18.2 Å². The van der Waals surface area contributed by atoms with Gasteiger partial charge >= 0.3 is 0 Å². The van der Waals surface area contributed by atoms with Crippen LogP contribution in [0.2, 0.25) is 0 Å². The highest BCUT2D eigenvalue weighted by Crippen LogP contribution is 2.31. The average molecular weight is 373 g/mol. The molecule has 1 heterocycles. The molecule has 0 saturated heterocycles. The summed E-state index contributed by atoms with van der Waals surface area (Å²) < 4.78 is 38.9. The van der Waals surface area contributed by atoms with E-state index in [1.807, 2.05) is 12.1 Å². The van der Waals surface area contributed by atoms with E-state index in [1.54, 1.807) is 19.2 Å². The summed E-state index contributed by atoms with van der Waals surface area (Å²) in [5, 5.41) is 6.79. The summed E-state index contributed by atoms with van der Waals surface area (Å²) in [6, 6.07) is 9.64. The van der Waals surface area contributed by atoms with Gasteiger partial charge in [0.1, 0.15) is 17.5 Å². The van der Waals surface area contributed by atoms with Gasteiger partial charge in [-0.3, -0.25) is 4.79 Å². The molecule has 8 heteroatoms. The molecule has 0 spiro atoms. The number of para-hydroxylation sites is 1. The van der Waals surface area contributed by atoms with Gasteiger partial charge in [0.25, 0.3) is 5.91 Å². The number of methoxy groups -OCH3 is 2. The molecule has 0 aliphatic heterocycles. The number of aromatic nitrogens is 2. The smallest absolute Gasteiger partial charge is 0.257 e. The van der Waals surface area contributed by atoms with Crippen molar-refractivity contribution in [3.8, 4) is 11.5 Å². The Labute approximate surface area is 154 Å². The van der Waals surface area contributed by atoms with E-state index in [-0.39, 0.29) is 5.56 Å². The lowest BCUT2D eigenvalue weighted by Gasteiger charge is -2.14. The van der Waals surface area contributed by atoms with E-state index in [0.717, 1.165) is 17.7 Å². The van der Waals surface area contributed by atoms with Crippen molar-refractivity contribution in [2.75, 3.05) is 19.5 Å². The Hall–Kier alpha value is -3.42. The van der Waals surface area contributed by atoms with E-state index in [1.165, 1.54) is 18.0 Å². The maximum absolute atomic E-state index is 13.3. The zero-order chi connectivity index (χ0) is 19.4. The van der Waals surface area contributed by atoms with Crippen LogP contribution >= 0.6 is 0 Å². The predicted octanol–water partition coefficient (Wildman–Crippen LogP) is 3.48. The summed E-state index contributed by atoms with van der Waals surface area (Å²) in [4.78, 5) is 12.3. The molecule has 0 fully saturated rings. The van der Waals surface area contributed by atoms with Gasteiger partial charge in [0.15, 0.2) is 11.5 Å². The average Bonchev–Trinajstić information content (AvgIpc) is 3.07. The highest BCUT2D eigenvalue weighted by molar-refractivity contribution is 6.03. The van der Waals surface area contributed by atoms with Crippen molar-refractivity contribution in [2.24, 2.45) is 0 Å². The van der Waals surface area contributed by atoms with Gasteiger partial charge in [-0.15, -0.1) is 0 Å². The summed E-state index contributed by atoms with van der Waals surface area (Å²) in [6.07, 6.45) is 1.51. The highest BCUT2D eigenvalue weighted by atomic mass is 19.1. The molecule has 0 bridgehead atoms. The lowest BCUT2D eigenvalue weighted by molar-refractivity contribution is 0.102. The van der Waals surface area contributed by atoms with Crippen molar-refractivity contribution in [1.29, 1.82) is 0 Å². The van der Waals surface area contributed by atoms with Crippen LogP contribution in [0.4, 0.5) is 14.6 Å². The van der Waals surface area contributed by atoms with Gasteiger partial charge in [-0.1, -0.05) is 12.1 Å². The van der Waals surface area contributed by atoms with Crippen molar-refractivity contribution in [2.45, 2.75) is 6.54 Å². The zero-order valence-corrected chi connectivity index (χ0v) is 14.7. The number of rotatable bonds is 6. The third kappa shape index (κ3) is 4.05. The lowest BCUT2D eigenvalue weighted by atomic mass is 10.2. The predicted molar refractivity (Wildman–Crippen MR) is 95.2 cm³/mol. The minimum Gasteiger partial charge on any atom is -0.493 e. The SMILES string of the molecule is COc1cccc(Cn2nccc2NC(=O)c2cc(F)cc(F)c2)c1OC. The number of anilines is 1. The second-order valence-corrected chi connectivity index (χ2v) is 5.64. The Balaban J connectivity index is 1.84. The number of amides is 1. The second kappa shape index (κ2) is 7.86. The molecule has 0 radical (unpaired) electrons. The van der Waals surface area contributed by atoms with Crippen LogP contribution in [0, 0.1) is 11.6 Å². The van der Waals surface area contributed by atoms with Gasteiger partial charge in [-0.25, -0.2) is 13.5 Å². The van der Waals surface area contributed by atoms with Gasteiger partial charge in [0, 0.05) is 23.3 Å². The molecule has 0 atom stereocenters. The molecule has 2 aromatic carbocycles. The fourth-order valence-corrected chi connectivity index (χ4v) is 2.68. The van der Waals surface area contributed by atoms with Crippen molar-refractivity contribution >= 4 is 11.7 Å². The van der Waals surface area contributed by atoms with Crippen molar-refractivity contribution < 1.29 is 23.0 Å². The molecule has 1 aromatic heterocycles. The lowest BCUT2D eigenvalue weighted by Crippen LogP contribution is -2.17. The van der Waals surface area contributed by atoms with Crippen molar-refractivity contribution in [3.05, 3.63) is 71.4 Å². The number of hydrogen-bond acceptors (Lipinski definition) is 4. The van der Waals surface area contributed by atoms with Crippen LogP contribution in [-0.2, 0) is 6.54 Å². The Bertz CT molecular complexity index is 952.